The molecule has 0 atom stereocenters. The van der Waals surface area contributed by atoms with Crippen LogP contribution in [0.4, 0.5) is 0 Å². The van der Waals surface area contributed by atoms with Crippen molar-refractivity contribution in [1.82, 2.24) is 0 Å². The lowest BCUT2D eigenvalue weighted by atomic mass is 10.0. The fraction of sp³-hybridized carbons (Fsp3) is 1.00. The molecule has 0 bridgehead atoms. The van der Waals surface area contributed by atoms with Gasteiger partial charge in [-0.05, 0) is 19.3 Å². The third kappa shape index (κ3) is 38.2. The first-order valence-corrected chi connectivity index (χ1v) is 21.3. The molecule has 0 aliphatic heterocycles. The van der Waals surface area contributed by atoms with Gasteiger partial charge in [-0.25, -0.2) is 0 Å². The molecule has 0 amide bonds. The zero-order chi connectivity index (χ0) is 31.2. The molecular formula is C39H81O3Si+. The summed E-state index contributed by atoms with van der Waals surface area (Å²) in [6.45, 7) is 9.11. The van der Waals surface area contributed by atoms with Crippen LogP contribution in [0, 0.1) is 0 Å². The van der Waals surface area contributed by atoms with Gasteiger partial charge in [0.05, 0.1) is 19.8 Å². The maximum Gasteiger partial charge on any atom is 0.832 e. The van der Waals surface area contributed by atoms with Crippen LogP contribution in [0.25, 0.3) is 0 Å². The Bertz CT molecular complexity index is 437. The van der Waals surface area contributed by atoms with Gasteiger partial charge in [0.25, 0.3) is 0 Å². The molecule has 3 nitrogen and oxygen atoms in total. The van der Waals surface area contributed by atoms with Gasteiger partial charge in [0.2, 0.25) is 0 Å². The van der Waals surface area contributed by atoms with Crippen LogP contribution in [-0.2, 0) is 13.3 Å². The van der Waals surface area contributed by atoms with E-state index in [0.29, 0.717) is 0 Å². The van der Waals surface area contributed by atoms with Gasteiger partial charge in [0.1, 0.15) is 0 Å². The lowest BCUT2D eigenvalue weighted by Gasteiger charge is -2.04. The SMILES string of the molecule is CCCCCCCCCCCCCCCCCCO[Si+](OCCC)OCCCCCCCCCCCCCCCCCC. The highest BCUT2D eigenvalue weighted by molar-refractivity contribution is 6.36. The molecule has 0 spiro atoms. The van der Waals surface area contributed by atoms with Crippen molar-refractivity contribution in [2.75, 3.05) is 19.8 Å². The molecule has 0 aliphatic rings. The van der Waals surface area contributed by atoms with Crippen molar-refractivity contribution in [1.29, 1.82) is 0 Å². The molecule has 43 heavy (non-hydrogen) atoms. The Kier molecular flexibility index (Phi) is 40.2. The summed E-state index contributed by atoms with van der Waals surface area (Å²) < 4.78 is 18.0. The smallest absolute Gasteiger partial charge is 0.189 e. The van der Waals surface area contributed by atoms with Gasteiger partial charge in [0.15, 0.2) is 0 Å². The van der Waals surface area contributed by atoms with Crippen LogP contribution in [0.2, 0.25) is 0 Å². The Hall–Kier alpha value is 0.0969. The van der Waals surface area contributed by atoms with Crippen molar-refractivity contribution < 1.29 is 13.3 Å². The zero-order valence-electron chi connectivity index (χ0n) is 30.2. The molecular weight excluding hydrogens is 545 g/mol. The lowest BCUT2D eigenvalue weighted by molar-refractivity contribution is 0.0901. The van der Waals surface area contributed by atoms with E-state index in [1.807, 2.05) is 0 Å². The third-order valence-corrected chi connectivity index (χ3v) is 10.2. The fourth-order valence-corrected chi connectivity index (χ4v) is 7.16. The fourth-order valence-electron chi connectivity index (χ4n) is 5.92. The average Bonchev–Trinajstić information content (AvgIpc) is 3.02. The first-order valence-electron chi connectivity index (χ1n) is 20.1. The van der Waals surface area contributed by atoms with Crippen LogP contribution >= 0.6 is 0 Å². The van der Waals surface area contributed by atoms with Crippen LogP contribution in [0.3, 0.4) is 0 Å². The van der Waals surface area contributed by atoms with E-state index in [4.69, 9.17) is 13.3 Å². The topological polar surface area (TPSA) is 27.7 Å². The first kappa shape index (κ1) is 43.1. The molecule has 4 heteroatoms. The second-order valence-corrected chi connectivity index (χ2v) is 14.8. The summed E-state index contributed by atoms with van der Waals surface area (Å²) >= 11 is 0. The second-order valence-electron chi connectivity index (χ2n) is 13.4. The highest BCUT2D eigenvalue weighted by Crippen LogP contribution is 2.15. The summed E-state index contributed by atoms with van der Waals surface area (Å²) in [5.41, 5.74) is 0. The van der Waals surface area contributed by atoms with Gasteiger partial charge in [-0.15, -0.1) is 0 Å². The molecule has 0 saturated carbocycles. The van der Waals surface area contributed by atoms with Gasteiger partial charge >= 0.3 is 9.53 Å². The monoisotopic (exact) mass is 626 g/mol. The van der Waals surface area contributed by atoms with Crippen molar-refractivity contribution in [3.63, 3.8) is 0 Å². The van der Waals surface area contributed by atoms with E-state index >= 15 is 0 Å². The standard InChI is InChI=1S/C39H81O3Si/c1-4-7-9-11-13-15-17-19-21-23-25-27-29-31-33-35-38-41-43(40-37-6-3)42-39-36-34-32-30-28-26-24-22-20-18-16-14-12-10-8-5-2/h4-39H2,1-3H3/q+1. The molecule has 0 saturated heterocycles. The summed E-state index contributed by atoms with van der Waals surface area (Å²) in [6, 6.07) is 0. The van der Waals surface area contributed by atoms with Gasteiger partial charge in [-0.1, -0.05) is 213 Å². The number of hydrogen-bond acceptors (Lipinski definition) is 3. The van der Waals surface area contributed by atoms with Gasteiger partial charge < -0.3 is 0 Å². The summed E-state index contributed by atoms with van der Waals surface area (Å²) in [5, 5.41) is 0. The third-order valence-electron chi connectivity index (χ3n) is 8.86. The van der Waals surface area contributed by atoms with Crippen LogP contribution < -0.4 is 0 Å². The minimum Gasteiger partial charge on any atom is -0.189 e. The average molecular weight is 626 g/mol. The van der Waals surface area contributed by atoms with E-state index in [-0.39, 0.29) is 0 Å². The van der Waals surface area contributed by atoms with Crippen molar-refractivity contribution in [3.05, 3.63) is 0 Å². The molecule has 0 rings (SSSR count). The van der Waals surface area contributed by atoms with E-state index in [1.165, 1.54) is 193 Å². The Morgan fingerprint density at radius 3 is 0.674 bits per heavy atom. The summed E-state index contributed by atoms with van der Waals surface area (Å²) in [4.78, 5) is 0. The minimum absolute atomic E-state index is 0.756. The van der Waals surface area contributed by atoms with Crippen LogP contribution in [0.5, 0.6) is 0 Å². The molecule has 258 valence electrons. The highest BCUT2D eigenvalue weighted by atomic mass is 28.3. The van der Waals surface area contributed by atoms with Crippen molar-refractivity contribution >= 4 is 9.53 Å². The van der Waals surface area contributed by atoms with Crippen molar-refractivity contribution in [2.24, 2.45) is 0 Å². The largest absolute Gasteiger partial charge is 0.832 e. The molecule has 0 aromatic rings. The van der Waals surface area contributed by atoms with E-state index in [2.05, 4.69) is 20.8 Å². The number of rotatable bonds is 39. The Labute approximate surface area is 274 Å². The molecule has 0 radical (unpaired) electrons. The molecule has 0 aromatic heterocycles. The van der Waals surface area contributed by atoms with Crippen LogP contribution in [0.15, 0.2) is 0 Å². The van der Waals surface area contributed by atoms with E-state index in [1.54, 1.807) is 0 Å². The normalized spacial score (nSPS) is 11.5. The Balaban J connectivity index is 3.43. The van der Waals surface area contributed by atoms with E-state index < -0.39 is 9.53 Å². The number of unbranched alkanes of at least 4 members (excludes halogenated alkanes) is 30. The highest BCUT2D eigenvalue weighted by Gasteiger charge is 2.36. The Morgan fingerprint density at radius 2 is 0.442 bits per heavy atom. The molecule has 0 N–H and O–H groups in total. The van der Waals surface area contributed by atoms with Crippen LogP contribution in [-0.4, -0.2) is 29.3 Å². The maximum absolute atomic E-state index is 6.05. The summed E-state index contributed by atoms with van der Waals surface area (Å²) in [5.74, 6) is 0. The predicted octanol–water partition coefficient (Wildman–Crippen LogP) is 14.0. The van der Waals surface area contributed by atoms with Gasteiger partial charge in [-0.3, -0.25) is 0 Å². The summed E-state index contributed by atoms with van der Waals surface area (Å²) in [6.07, 6.45) is 45.9. The molecule has 0 fully saturated rings. The van der Waals surface area contributed by atoms with E-state index in [9.17, 15) is 0 Å². The minimum atomic E-state index is -1.55. The second kappa shape index (κ2) is 40.1. The summed E-state index contributed by atoms with van der Waals surface area (Å²) in [7, 11) is -1.55. The molecule has 0 aliphatic carbocycles. The quantitative estimate of drug-likeness (QED) is 0.0502. The zero-order valence-corrected chi connectivity index (χ0v) is 31.2. The first-order chi connectivity index (χ1) is 21.3. The molecule has 0 heterocycles. The lowest BCUT2D eigenvalue weighted by Crippen LogP contribution is -2.28. The van der Waals surface area contributed by atoms with E-state index in [0.717, 1.165) is 39.1 Å². The number of hydrogen-bond donors (Lipinski definition) is 0. The molecule has 0 aromatic carbocycles. The predicted molar refractivity (Wildman–Crippen MR) is 193 cm³/mol. The molecule has 0 unspecified atom stereocenters. The van der Waals surface area contributed by atoms with Crippen molar-refractivity contribution in [3.8, 4) is 0 Å². The van der Waals surface area contributed by atoms with Crippen LogP contribution in [0.1, 0.15) is 233 Å². The van der Waals surface area contributed by atoms with Crippen molar-refractivity contribution in [2.45, 2.75) is 233 Å². The van der Waals surface area contributed by atoms with Gasteiger partial charge in [0, 0.05) is 0 Å². The Morgan fingerprint density at radius 1 is 0.233 bits per heavy atom. The van der Waals surface area contributed by atoms with Gasteiger partial charge in [-0.2, -0.15) is 13.3 Å². The maximum atomic E-state index is 6.05.